The molecule has 0 spiro atoms. The van der Waals surface area contributed by atoms with Gasteiger partial charge in [-0.2, -0.15) is 8.78 Å². The normalized spacial score (nSPS) is 14.6. The summed E-state index contributed by atoms with van der Waals surface area (Å²) in [5.41, 5.74) is 0.0718. The van der Waals surface area contributed by atoms with Gasteiger partial charge in [0.25, 0.3) is 11.8 Å². The number of hydrogen-bond acceptors (Lipinski definition) is 4. The number of nitrogens with zero attached hydrogens (tertiary/aromatic N) is 2. The Kier molecular flexibility index (Phi) is 5.55. The molecule has 0 unspecified atom stereocenters. The number of halogens is 3. The molecule has 0 atom stereocenters. The summed E-state index contributed by atoms with van der Waals surface area (Å²) < 4.78 is 35.1. The molecule has 1 aliphatic heterocycles. The first-order chi connectivity index (χ1) is 12.5. The number of carbonyl (C=O) groups is 2. The van der Waals surface area contributed by atoms with Crippen molar-refractivity contribution in [2.45, 2.75) is 6.61 Å². The summed E-state index contributed by atoms with van der Waals surface area (Å²) >= 11 is 3.15. The highest BCUT2D eigenvalue weighted by Crippen LogP contribution is 2.23. The molecule has 2 heterocycles. The molecule has 0 bridgehead atoms. The van der Waals surface area contributed by atoms with Gasteiger partial charge < -0.3 is 19.0 Å². The van der Waals surface area contributed by atoms with Crippen LogP contribution in [0.25, 0.3) is 0 Å². The largest absolute Gasteiger partial charge is 0.444 e. The number of alkyl halides is 2. The summed E-state index contributed by atoms with van der Waals surface area (Å²) in [6.07, 6.45) is 0. The van der Waals surface area contributed by atoms with Crippen LogP contribution in [0.5, 0.6) is 5.75 Å². The topological polar surface area (TPSA) is 63.0 Å². The molecule has 0 N–H and O–H groups in total. The van der Waals surface area contributed by atoms with Gasteiger partial charge in [0.05, 0.1) is 5.56 Å². The molecule has 2 aromatic rings. The third kappa shape index (κ3) is 4.04. The van der Waals surface area contributed by atoms with E-state index in [1.54, 1.807) is 23.1 Å². The Morgan fingerprint density at radius 1 is 1.00 bits per heavy atom. The standard InChI is InChI=1S/C17H15BrF2N2O4/c18-14-6-5-13(25-14)16(24)22-9-7-21(8-10-22)15(23)11-3-1-2-4-12(11)26-17(19)20/h1-6,17H,7-10H2. The lowest BCUT2D eigenvalue weighted by atomic mass is 10.1. The second-order valence-electron chi connectivity index (χ2n) is 5.56. The summed E-state index contributed by atoms with van der Waals surface area (Å²) in [4.78, 5) is 28.1. The molecule has 138 valence electrons. The molecule has 0 saturated carbocycles. The molecule has 3 rings (SSSR count). The average Bonchev–Trinajstić information content (AvgIpc) is 3.07. The average molecular weight is 429 g/mol. The van der Waals surface area contributed by atoms with Crippen molar-refractivity contribution in [2.75, 3.05) is 26.2 Å². The minimum Gasteiger partial charge on any atom is -0.444 e. The van der Waals surface area contributed by atoms with Crippen LogP contribution < -0.4 is 4.74 Å². The van der Waals surface area contributed by atoms with Crippen molar-refractivity contribution < 1.29 is 27.5 Å². The van der Waals surface area contributed by atoms with E-state index in [0.717, 1.165) is 0 Å². The molecular weight excluding hydrogens is 414 g/mol. The number of para-hydroxylation sites is 1. The molecule has 1 aromatic carbocycles. The van der Waals surface area contributed by atoms with Gasteiger partial charge in [-0.05, 0) is 40.2 Å². The fraction of sp³-hybridized carbons (Fsp3) is 0.294. The van der Waals surface area contributed by atoms with E-state index in [9.17, 15) is 18.4 Å². The highest BCUT2D eigenvalue weighted by molar-refractivity contribution is 9.10. The zero-order valence-electron chi connectivity index (χ0n) is 13.5. The van der Waals surface area contributed by atoms with Crippen LogP contribution in [0.15, 0.2) is 45.5 Å². The SMILES string of the molecule is O=C(c1ccc(Br)o1)N1CCN(C(=O)c2ccccc2OC(F)F)CC1. The summed E-state index contributed by atoms with van der Waals surface area (Å²) in [6.45, 7) is -1.79. The zero-order chi connectivity index (χ0) is 18.7. The van der Waals surface area contributed by atoms with Crippen LogP contribution in [0.4, 0.5) is 8.78 Å². The second kappa shape index (κ2) is 7.86. The van der Waals surface area contributed by atoms with E-state index < -0.39 is 12.5 Å². The second-order valence-corrected chi connectivity index (χ2v) is 6.34. The van der Waals surface area contributed by atoms with Crippen LogP contribution in [0.3, 0.4) is 0 Å². The van der Waals surface area contributed by atoms with Crippen LogP contribution >= 0.6 is 15.9 Å². The van der Waals surface area contributed by atoms with Crippen LogP contribution in [-0.2, 0) is 0 Å². The molecule has 0 aliphatic carbocycles. The number of ether oxygens (including phenoxy) is 1. The van der Waals surface area contributed by atoms with Crippen LogP contribution in [0.2, 0.25) is 0 Å². The Labute approximate surface area is 156 Å². The van der Waals surface area contributed by atoms with Crippen LogP contribution in [0, 0.1) is 0 Å². The number of piperazine rings is 1. The van der Waals surface area contributed by atoms with Gasteiger partial charge in [-0.25, -0.2) is 0 Å². The van der Waals surface area contributed by atoms with Gasteiger partial charge in [-0.15, -0.1) is 0 Å². The summed E-state index contributed by atoms with van der Waals surface area (Å²) in [7, 11) is 0. The first-order valence-electron chi connectivity index (χ1n) is 7.83. The van der Waals surface area contributed by atoms with Crippen LogP contribution in [0.1, 0.15) is 20.9 Å². The third-order valence-electron chi connectivity index (χ3n) is 3.97. The van der Waals surface area contributed by atoms with E-state index in [0.29, 0.717) is 17.8 Å². The molecule has 9 heteroatoms. The van der Waals surface area contributed by atoms with Gasteiger partial charge in [-0.1, -0.05) is 12.1 Å². The Bertz CT molecular complexity index is 804. The quantitative estimate of drug-likeness (QED) is 0.749. The van der Waals surface area contributed by atoms with Crippen molar-refractivity contribution in [1.82, 2.24) is 9.80 Å². The summed E-state index contributed by atoms with van der Waals surface area (Å²) in [6, 6.07) is 9.08. The lowest BCUT2D eigenvalue weighted by molar-refractivity contribution is -0.0503. The molecule has 2 amide bonds. The fourth-order valence-corrected chi connectivity index (χ4v) is 3.02. The number of furan rings is 1. The van der Waals surface area contributed by atoms with Gasteiger partial charge >= 0.3 is 6.61 Å². The third-order valence-corrected chi connectivity index (χ3v) is 4.40. The lowest BCUT2D eigenvalue weighted by Gasteiger charge is -2.34. The monoisotopic (exact) mass is 428 g/mol. The molecule has 6 nitrogen and oxygen atoms in total. The number of benzene rings is 1. The lowest BCUT2D eigenvalue weighted by Crippen LogP contribution is -2.50. The van der Waals surface area contributed by atoms with E-state index in [4.69, 9.17) is 4.42 Å². The minimum absolute atomic E-state index is 0.0718. The fourth-order valence-electron chi connectivity index (χ4n) is 2.71. The number of amides is 2. The smallest absolute Gasteiger partial charge is 0.387 e. The highest BCUT2D eigenvalue weighted by atomic mass is 79.9. The van der Waals surface area contributed by atoms with E-state index in [-0.39, 0.29) is 36.1 Å². The van der Waals surface area contributed by atoms with Crippen molar-refractivity contribution in [2.24, 2.45) is 0 Å². The van der Waals surface area contributed by atoms with Gasteiger partial charge in [0, 0.05) is 26.2 Å². The van der Waals surface area contributed by atoms with E-state index in [1.165, 1.54) is 23.1 Å². The highest BCUT2D eigenvalue weighted by Gasteiger charge is 2.28. The molecule has 1 aliphatic rings. The predicted octanol–water partition coefficient (Wildman–Crippen LogP) is 3.24. The molecule has 1 fully saturated rings. The Hall–Kier alpha value is -2.42. The number of carbonyl (C=O) groups excluding carboxylic acids is 2. The zero-order valence-corrected chi connectivity index (χ0v) is 15.1. The van der Waals surface area contributed by atoms with Crippen molar-refractivity contribution in [3.8, 4) is 5.75 Å². The first-order valence-corrected chi connectivity index (χ1v) is 8.62. The maximum absolute atomic E-state index is 12.6. The van der Waals surface area contributed by atoms with Gasteiger partial charge in [-0.3, -0.25) is 9.59 Å². The minimum atomic E-state index is -3.01. The molecular formula is C17H15BrF2N2O4. The van der Waals surface area contributed by atoms with Gasteiger partial charge in [0.2, 0.25) is 0 Å². The Morgan fingerprint density at radius 2 is 1.62 bits per heavy atom. The number of hydrogen-bond donors (Lipinski definition) is 0. The maximum Gasteiger partial charge on any atom is 0.387 e. The van der Waals surface area contributed by atoms with E-state index >= 15 is 0 Å². The number of rotatable bonds is 4. The van der Waals surface area contributed by atoms with Gasteiger partial charge in [0.15, 0.2) is 10.4 Å². The Balaban J connectivity index is 1.65. The molecule has 0 radical (unpaired) electrons. The van der Waals surface area contributed by atoms with E-state index in [2.05, 4.69) is 20.7 Å². The predicted molar refractivity (Wildman–Crippen MR) is 91.3 cm³/mol. The molecule has 1 saturated heterocycles. The summed E-state index contributed by atoms with van der Waals surface area (Å²) in [5, 5.41) is 0. The Morgan fingerprint density at radius 3 is 2.19 bits per heavy atom. The molecule has 1 aromatic heterocycles. The summed E-state index contributed by atoms with van der Waals surface area (Å²) in [5.74, 6) is -0.614. The van der Waals surface area contributed by atoms with Crippen molar-refractivity contribution in [3.63, 3.8) is 0 Å². The first kappa shape index (κ1) is 18.4. The van der Waals surface area contributed by atoms with E-state index in [1.807, 2.05) is 0 Å². The molecule has 26 heavy (non-hydrogen) atoms. The van der Waals surface area contributed by atoms with Crippen molar-refractivity contribution in [3.05, 3.63) is 52.4 Å². The van der Waals surface area contributed by atoms with Crippen molar-refractivity contribution in [1.29, 1.82) is 0 Å². The maximum atomic E-state index is 12.6. The van der Waals surface area contributed by atoms with Crippen molar-refractivity contribution >= 4 is 27.7 Å². The van der Waals surface area contributed by atoms with Gasteiger partial charge in [0.1, 0.15) is 5.75 Å². The van der Waals surface area contributed by atoms with Crippen LogP contribution in [-0.4, -0.2) is 54.4 Å².